The van der Waals surface area contributed by atoms with Crippen LogP contribution >= 0.6 is 11.6 Å². The SMILES string of the molecule is Cc1cccc2c1n1c(cc3c(Cl)cccc31)c(=O)n2C(=O)O. The van der Waals surface area contributed by atoms with Crippen LogP contribution in [0.25, 0.3) is 27.5 Å². The summed E-state index contributed by atoms with van der Waals surface area (Å²) >= 11 is 6.24. The summed E-state index contributed by atoms with van der Waals surface area (Å²) in [5.41, 5.74) is 2.40. The van der Waals surface area contributed by atoms with Crippen molar-refractivity contribution in [3.63, 3.8) is 0 Å². The van der Waals surface area contributed by atoms with Gasteiger partial charge in [0.1, 0.15) is 5.52 Å². The fraction of sp³-hybridized carbons (Fsp3) is 0.0588. The van der Waals surface area contributed by atoms with Crippen molar-refractivity contribution < 1.29 is 9.90 Å². The number of rotatable bonds is 0. The molecular weight excluding hydrogens is 316 g/mol. The molecular formula is C17H11ClN2O3. The van der Waals surface area contributed by atoms with Gasteiger partial charge < -0.3 is 9.51 Å². The maximum Gasteiger partial charge on any atom is 0.419 e. The second-order valence-electron chi connectivity index (χ2n) is 5.40. The fourth-order valence-electron chi connectivity index (χ4n) is 3.12. The molecule has 4 aromatic rings. The number of halogens is 1. The van der Waals surface area contributed by atoms with Crippen LogP contribution in [-0.4, -0.2) is 20.2 Å². The van der Waals surface area contributed by atoms with Crippen molar-refractivity contribution in [3.05, 3.63) is 63.4 Å². The van der Waals surface area contributed by atoms with E-state index in [2.05, 4.69) is 0 Å². The van der Waals surface area contributed by atoms with Gasteiger partial charge in [0.05, 0.1) is 16.6 Å². The van der Waals surface area contributed by atoms with Crippen molar-refractivity contribution >= 4 is 45.1 Å². The lowest BCUT2D eigenvalue weighted by Gasteiger charge is -2.11. The van der Waals surface area contributed by atoms with E-state index in [4.69, 9.17) is 11.6 Å². The number of hydrogen-bond donors (Lipinski definition) is 1. The minimum atomic E-state index is -1.30. The topological polar surface area (TPSA) is 63.7 Å². The van der Waals surface area contributed by atoms with Gasteiger partial charge in [0.25, 0.3) is 5.56 Å². The Morgan fingerprint density at radius 3 is 2.52 bits per heavy atom. The van der Waals surface area contributed by atoms with Gasteiger partial charge in [-0.2, -0.15) is 0 Å². The molecule has 0 atom stereocenters. The highest BCUT2D eigenvalue weighted by Gasteiger charge is 2.19. The first-order valence-corrected chi connectivity index (χ1v) is 7.36. The molecule has 2 aromatic carbocycles. The molecule has 2 heterocycles. The smallest absolute Gasteiger partial charge is 0.419 e. The molecule has 0 aliphatic rings. The van der Waals surface area contributed by atoms with E-state index in [0.717, 1.165) is 21.0 Å². The van der Waals surface area contributed by atoms with Gasteiger partial charge >= 0.3 is 6.09 Å². The lowest BCUT2D eigenvalue weighted by atomic mass is 10.2. The molecule has 0 aliphatic carbocycles. The predicted octanol–water partition coefficient (Wildman–Crippen LogP) is 3.90. The molecule has 0 unspecified atom stereocenters. The Bertz CT molecular complexity index is 1190. The van der Waals surface area contributed by atoms with Crippen LogP contribution in [0, 0.1) is 6.92 Å². The third-order valence-corrected chi connectivity index (χ3v) is 4.42. The van der Waals surface area contributed by atoms with Crippen molar-refractivity contribution in [1.82, 2.24) is 8.97 Å². The van der Waals surface area contributed by atoms with Gasteiger partial charge in [0.2, 0.25) is 0 Å². The van der Waals surface area contributed by atoms with E-state index in [9.17, 15) is 14.7 Å². The molecule has 0 aliphatic heterocycles. The van der Waals surface area contributed by atoms with Gasteiger partial charge in [-0.3, -0.25) is 4.79 Å². The van der Waals surface area contributed by atoms with E-state index >= 15 is 0 Å². The number of nitrogens with zero attached hydrogens (tertiary/aromatic N) is 2. The number of fused-ring (bicyclic) bond motifs is 5. The van der Waals surface area contributed by atoms with Crippen molar-refractivity contribution in [2.75, 3.05) is 0 Å². The summed E-state index contributed by atoms with van der Waals surface area (Å²) in [6.07, 6.45) is -1.30. The van der Waals surface area contributed by atoms with Gasteiger partial charge in [0.15, 0.2) is 0 Å². The Balaban J connectivity index is 2.46. The number of para-hydroxylation sites is 1. The highest BCUT2D eigenvalue weighted by Crippen LogP contribution is 2.29. The molecule has 2 aromatic heterocycles. The first-order valence-electron chi connectivity index (χ1n) is 6.98. The summed E-state index contributed by atoms with van der Waals surface area (Å²) in [6, 6.07) is 12.3. The highest BCUT2D eigenvalue weighted by atomic mass is 35.5. The number of carbonyl (C=O) groups is 1. The lowest BCUT2D eigenvalue weighted by molar-refractivity contribution is 0.196. The van der Waals surface area contributed by atoms with Crippen LogP contribution in [0.5, 0.6) is 0 Å². The molecule has 1 N–H and O–H groups in total. The summed E-state index contributed by atoms with van der Waals surface area (Å²) in [5, 5.41) is 10.7. The molecule has 114 valence electrons. The minimum absolute atomic E-state index is 0.289. The number of hydrogen-bond acceptors (Lipinski definition) is 2. The van der Waals surface area contributed by atoms with E-state index in [1.165, 1.54) is 0 Å². The maximum absolute atomic E-state index is 12.7. The van der Waals surface area contributed by atoms with Gasteiger partial charge in [-0.15, -0.1) is 0 Å². The van der Waals surface area contributed by atoms with Crippen LogP contribution < -0.4 is 5.56 Å². The molecule has 0 bridgehead atoms. The molecule has 4 rings (SSSR count). The largest absolute Gasteiger partial charge is 0.464 e. The van der Waals surface area contributed by atoms with Crippen molar-refractivity contribution in [2.24, 2.45) is 0 Å². The zero-order chi connectivity index (χ0) is 16.3. The van der Waals surface area contributed by atoms with E-state index < -0.39 is 11.7 Å². The van der Waals surface area contributed by atoms with E-state index in [0.29, 0.717) is 16.1 Å². The Morgan fingerprint density at radius 1 is 1.09 bits per heavy atom. The zero-order valence-electron chi connectivity index (χ0n) is 12.1. The average Bonchev–Trinajstić information content (AvgIpc) is 2.88. The van der Waals surface area contributed by atoms with Crippen molar-refractivity contribution in [1.29, 1.82) is 0 Å². The second kappa shape index (κ2) is 4.60. The third kappa shape index (κ3) is 1.74. The summed E-state index contributed by atoms with van der Waals surface area (Å²) in [6.45, 7) is 1.88. The quantitative estimate of drug-likeness (QED) is 0.533. The predicted molar refractivity (Wildman–Crippen MR) is 89.8 cm³/mol. The van der Waals surface area contributed by atoms with Crippen LogP contribution in [0.4, 0.5) is 4.79 Å². The monoisotopic (exact) mass is 326 g/mol. The Labute approximate surface area is 134 Å². The average molecular weight is 327 g/mol. The first kappa shape index (κ1) is 13.8. The Hall–Kier alpha value is -2.79. The van der Waals surface area contributed by atoms with E-state index in [1.807, 2.05) is 25.1 Å². The number of aromatic nitrogens is 2. The van der Waals surface area contributed by atoms with Gasteiger partial charge in [-0.05, 0) is 36.8 Å². The van der Waals surface area contributed by atoms with Crippen LogP contribution in [0.1, 0.15) is 5.56 Å². The fourth-order valence-corrected chi connectivity index (χ4v) is 3.35. The van der Waals surface area contributed by atoms with Crippen LogP contribution in [-0.2, 0) is 0 Å². The molecule has 5 nitrogen and oxygen atoms in total. The molecule has 6 heteroatoms. The summed E-state index contributed by atoms with van der Waals surface area (Å²) in [7, 11) is 0. The van der Waals surface area contributed by atoms with E-state index in [-0.39, 0.29) is 5.52 Å². The van der Waals surface area contributed by atoms with Gasteiger partial charge in [0, 0.05) is 10.4 Å². The van der Waals surface area contributed by atoms with Crippen LogP contribution in [0.3, 0.4) is 0 Å². The maximum atomic E-state index is 12.7. The van der Waals surface area contributed by atoms with Crippen LogP contribution in [0.15, 0.2) is 47.3 Å². The number of benzene rings is 2. The molecule has 0 fully saturated rings. The van der Waals surface area contributed by atoms with Crippen LogP contribution in [0.2, 0.25) is 5.02 Å². The normalized spacial score (nSPS) is 11.6. The lowest BCUT2D eigenvalue weighted by Crippen LogP contribution is -2.27. The molecule has 0 spiro atoms. The first-order chi connectivity index (χ1) is 11.0. The van der Waals surface area contributed by atoms with Gasteiger partial charge in [-0.1, -0.05) is 29.8 Å². The number of aryl methyl sites for hydroxylation is 1. The zero-order valence-corrected chi connectivity index (χ0v) is 12.8. The highest BCUT2D eigenvalue weighted by molar-refractivity contribution is 6.35. The molecule has 0 radical (unpaired) electrons. The molecule has 23 heavy (non-hydrogen) atoms. The second-order valence-corrected chi connectivity index (χ2v) is 5.81. The van der Waals surface area contributed by atoms with Crippen molar-refractivity contribution in [2.45, 2.75) is 6.92 Å². The Kier molecular flexibility index (Phi) is 2.77. The molecule has 0 amide bonds. The van der Waals surface area contributed by atoms with Crippen molar-refractivity contribution in [3.8, 4) is 0 Å². The summed E-state index contributed by atoms with van der Waals surface area (Å²) < 4.78 is 2.57. The third-order valence-electron chi connectivity index (χ3n) is 4.09. The molecule has 0 saturated carbocycles. The standard InChI is InChI=1S/C17H11ClN2O3/c1-9-4-2-7-13-15(9)19-12-6-3-5-11(18)10(12)8-14(19)16(21)20(13)17(22)23/h2-8H,1H3,(H,22,23). The molecule has 0 saturated heterocycles. The van der Waals surface area contributed by atoms with Gasteiger partial charge in [-0.25, -0.2) is 9.36 Å². The Morgan fingerprint density at radius 2 is 1.78 bits per heavy atom. The number of carboxylic acid groups (broad SMARTS) is 1. The summed E-state index contributed by atoms with van der Waals surface area (Å²) in [5.74, 6) is 0. The minimum Gasteiger partial charge on any atom is -0.464 e. The van der Waals surface area contributed by atoms with E-state index in [1.54, 1.807) is 28.7 Å². The summed E-state index contributed by atoms with van der Waals surface area (Å²) in [4.78, 5) is 24.3.